The van der Waals surface area contributed by atoms with Crippen LogP contribution in [0.15, 0.2) is 16.6 Å². The number of nitrogens with two attached hydrogens (primary N) is 1. The van der Waals surface area contributed by atoms with E-state index in [4.69, 9.17) is 10.5 Å². The molecule has 0 heterocycles. The third kappa shape index (κ3) is 3.02. The van der Waals surface area contributed by atoms with Crippen LogP contribution in [0.5, 0.6) is 0 Å². The molecule has 1 fully saturated rings. The molecular formula is C13H15BrFNO2. The molecule has 3 nitrogen and oxygen atoms in total. The number of esters is 1. The van der Waals surface area contributed by atoms with Crippen molar-refractivity contribution < 1.29 is 13.9 Å². The van der Waals surface area contributed by atoms with E-state index < -0.39 is 11.8 Å². The lowest BCUT2D eigenvalue weighted by atomic mass is 10.1. The molecule has 0 amide bonds. The summed E-state index contributed by atoms with van der Waals surface area (Å²) >= 11 is 3.14. The average molecular weight is 316 g/mol. The Kier molecular flexibility index (Phi) is 4.22. The number of hydrogen-bond donors (Lipinski definition) is 1. The molecule has 2 N–H and O–H groups in total. The molecule has 98 valence electrons. The van der Waals surface area contributed by atoms with Gasteiger partial charge in [0.2, 0.25) is 0 Å². The second-order valence-electron chi connectivity index (χ2n) is 4.60. The predicted molar refractivity (Wildman–Crippen MR) is 70.8 cm³/mol. The van der Waals surface area contributed by atoms with E-state index in [1.807, 2.05) is 0 Å². The summed E-state index contributed by atoms with van der Waals surface area (Å²) in [5.74, 6) is -0.541. The maximum Gasteiger partial charge on any atom is 0.339 e. The van der Waals surface area contributed by atoms with Gasteiger partial charge in [-0.3, -0.25) is 0 Å². The van der Waals surface area contributed by atoms with E-state index >= 15 is 0 Å². The van der Waals surface area contributed by atoms with Gasteiger partial charge in [0.25, 0.3) is 0 Å². The van der Waals surface area contributed by atoms with E-state index in [0.717, 1.165) is 12.8 Å². The summed E-state index contributed by atoms with van der Waals surface area (Å²) in [5.41, 5.74) is 5.66. The first kappa shape index (κ1) is 13.3. The highest BCUT2D eigenvalue weighted by Crippen LogP contribution is 2.27. The van der Waals surface area contributed by atoms with Crippen LogP contribution >= 0.6 is 15.9 Å². The van der Waals surface area contributed by atoms with Gasteiger partial charge in [-0.2, -0.15) is 0 Å². The predicted octanol–water partition coefficient (Wildman–Crippen LogP) is 3.52. The number of nitrogen functional groups attached to an aromatic ring is 1. The molecule has 0 radical (unpaired) electrons. The van der Waals surface area contributed by atoms with E-state index in [2.05, 4.69) is 15.9 Å². The molecule has 1 saturated carbocycles. The summed E-state index contributed by atoms with van der Waals surface area (Å²) in [5, 5.41) is 0. The molecule has 18 heavy (non-hydrogen) atoms. The summed E-state index contributed by atoms with van der Waals surface area (Å²) in [6.45, 7) is 0.433. The van der Waals surface area contributed by atoms with Crippen molar-refractivity contribution in [2.45, 2.75) is 25.7 Å². The maximum atomic E-state index is 13.1. The van der Waals surface area contributed by atoms with Crippen LogP contribution in [0, 0.1) is 11.7 Å². The third-order valence-corrected chi connectivity index (χ3v) is 3.89. The molecule has 1 aromatic carbocycles. The first-order valence-electron chi connectivity index (χ1n) is 5.99. The van der Waals surface area contributed by atoms with E-state index in [9.17, 15) is 9.18 Å². The third-order valence-electron chi connectivity index (χ3n) is 3.23. The summed E-state index contributed by atoms with van der Waals surface area (Å²) < 4.78 is 18.8. The lowest BCUT2D eigenvalue weighted by Crippen LogP contribution is -2.13. The minimum Gasteiger partial charge on any atom is -0.462 e. The SMILES string of the molecule is Nc1cc(C(=O)OCC2CCCC2)c(Br)cc1F. The Morgan fingerprint density at radius 2 is 2.11 bits per heavy atom. The Balaban J connectivity index is 2.01. The largest absolute Gasteiger partial charge is 0.462 e. The summed E-state index contributed by atoms with van der Waals surface area (Å²) in [6, 6.07) is 2.48. The molecule has 0 bridgehead atoms. The molecule has 1 aliphatic carbocycles. The molecule has 0 spiro atoms. The van der Waals surface area contributed by atoms with Crippen molar-refractivity contribution in [3.05, 3.63) is 28.0 Å². The van der Waals surface area contributed by atoms with E-state index in [1.54, 1.807) is 0 Å². The van der Waals surface area contributed by atoms with Crippen LogP contribution in [0.2, 0.25) is 0 Å². The van der Waals surface area contributed by atoms with Gasteiger partial charge in [0, 0.05) is 4.47 Å². The quantitative estimate of drug-likeness (QED) is 0.686. The van der Waals surface area contributed by atoms with Crippen molar-refractivity contribution in [3.8, 4) is 0 Å². The number of rotatable bonds is 3. The highest BCUT2D eigenvalue weighted by atomic mass is 79.9. The van der Waals surface area contributed by atoms with Gasteiger partial charge in [-0.25, -0.2) is 9.18 Å². The molecule has 1 aliphatic rings. The van der Waals surface area contributed by atoms with Crippen LogP contribution in [-0.4, -0.2) is 12.6 Å². The number of carbonyl (C=O) groups is 1. The van der Waals surface area contributed by atoms with Gasteiger partial charge < -0.3 is 10.5 Å². The molecule has 0 unspecified atom stereocenters. The van der Waals surface area contributed by atoms with E-state index in [0.29, 0.717) is 17.0 Å². The second-order valence-corrected chi connectivity index (χ2v) is 5.46. The number of ether oxygens (including phenoxy) is 1. The Morgan fingerprint density at radius 1 is 1.44 bits per heavy atom. The van der Waals surface area contributed by atoms with Crippen LogP contribution in [0.4, 0.5) is 10.1 Å². The maximum absolute atomic E-state index is 13.1. The minimum atomic E-state index is -0.547. The normalized spacial score (nSPS) is 15.9. The van der Waals surface area contributed by atoms with Crippen molar-refractivity contribution in [2.75, 3.05) is 12.3 Å². The number of carbonyl (C=O) groups excluding carboxylic acids is 1. The number of benzene rings is 1. The average Bonchev–Trinajstić information content (AvgIpc) is 2.84. The standard InChI is InChI=1S/C13H15BrFNO2/c14-10-6-11(15)12(16)5-9(10)13(17)18-7-8-3-1-2-4-8/h5-6,8H,1-4,7,16H2. The second kappa shape index (κ2) is 5.69. The fourth-order valence-corrected chi connectivity index (χ4v) is 2.65. The van der Waals surface area contributed by atoms with Gasteiger partial charge in [-0.05, 0) is 46.8 Å². The van der Waals surface area contributed by atoms with Gasteiger partial charge in [0.05, 0.1) is 17.9 Å². The lowest BCUT2D eigenvalue weighted by molar-refractivity contribution is 0.0441. The van der Waals surface area contributed by atoms with Crippen molar-refractivity contribution in [1.82, 2.24) is 0 Å². The van der Waals surface area contributed by atoms with Crippen LogP contribution < -0.4 is 5.73 Å². The van der Waals surface area contributed by atoms with Gasteiger partial charge in [0.15, 0.2) is 0 Å². The fourth-order valence-electron chi connectivity index (χ4n) is 2.17. The molecule has 0 atom stereocenters. The van der Waals surface area contributed by atoms with Crippen LogP contribution in [0.25, 0.3) is 0 Å². The number of halogens is 2. The topological polar surface area (TPSA) is 52.3 Å². The Morgan fingerprint density at radius 3 is 2.78 bits per heavy atom. The monoisotopic (exact) mass is 315 g/mol. The van der Waals surface area contributed by atoms with Crippen LogP contribution in [-0.2, 0) is 4.74 Å². The summed E-state index contributed by atoms with van der Waals surface area (Å²) in [4.78, 5) is 11.9. The first-order valence-corrected chi connectivity index (χ1v) is 6.79. The van der Waals surface area contributed by atoms with Crippen LogP contribution in [0.3, 0.4) is 0 Å². The number of hydrogen-bond acceptors (Lipinski definition) is 3. The van der Waals surface area contributed by atoms with Crippen LogP contribution in [0.1, 0.15) is 36.0 Å². The first-order chi connectivity index (χ1) is 8.58. The smallest absolute Gasteiger partial charge is 0.339 e. The zero-order valence-electron chi connectivity index (χ0n) is 9.92. The van der Waals surface area contributed by atoms with Gasteiger partial charge >= 0.3 is 5.97 Å². The summed E-state index contributed by atoms with van der Waals surface area (Å²) in [7, 11) is 0. The summed E-state index contributed by atoms with van der Waals surface area (Å²) in [6.07, 6.45) is 4.63. The number of anilines is 1. The zero-order chi connectivity index (χ0) is 13.1. The van der Waals surface area contributed by atoms with Gasteiger partial charge in [-0.15, -0.1) is 0 Å². The lowest BCUT2D eigenvalue weighted by Gasteiger charge is -2.11. The van der Waals surface area contributed by atoms with E-state index in [1.165, 1.54) is 25.0 Å². The molecule has 5 heteroatoms. The Bertz CT molecular complexity index is 459. The van der Waals surface area contributed by atoms with Gasteiger partial charge in [0.1, 0.15) is 5.82 Å². The molecule has 0 saturated heterocycles. The van der Waals surface area contributed by atoms with Crippen molar-refractivity contribution in [2.24, 2.45) is 5.92 Å². The van der Waals surface area contributed by atoms with Crippen molar-refractivity contribution in [3.63, 3.8) is 0 Å². The van der Waals surface area contributed by atoms with Crippen molar-refractivity contribution >= 4 is 27.6 Å². The molecule has 0 aromatic heterocycles. The molecule has 2 rings (SSSR count). The van der Waals surface area contributed by atoms with E-state index in [-0.39, 0.29) is 11.3 Å². The molecular weight excluding hydrogens is 301 g/mol. The van der Waals surface area contributed by atoms with Gasteiger partial charge in [-0.1, -0.05) is 12.8 Å². The zero-order valence-corrected chi connectivity index (χ0v) is 11.5. The Hall–Kier alpha value is -1.10. The fraction of sp³-hybridized carbons (Fsp3) is 0.462. The Labute approximate surface area is 114 Å². The highest BCUT2D eigenvalue weighted by molar-refractivity contribution is 9.10. The molecule has 0 aliphatic heterocycles. The highest BCUT2D eigenvalue weighted by Gasteiger charge is 2.19. The van der Waals surface area contributed by atoms with Crippen molar-refractivity contribution in [1.29, 1.82) is 0 Å². The minimum absolute atomic E-state index is 0.0500. The molecule has 1 aromatic rings.